The van der Waals surface area contributed by atoms with Gasteiger partial charge in [-0.1, -0.05) is 12.1 Å². The largest absolute Gasteiger partial charge is 0.508 e. The molecule has 12 N–H and O–H groups in total. The van der Waals surface area contributed by atoms with Crippen LogP contribution in [-0.2, 0) is 25.6 Å². The average Bonchev–Trinajstić information content (AvgIpc) is 2.90. The van der Waals surface area contributed by atoms with Gasteiger partial charge in [-0.25, -0.2) is 0 Å². The second-order valence-corrected chi connectivity index (χ2v) is 9.43. The van der Waals surface area contributed by atoms with Crippen molar-refractivity contribution in [3.05, 3.63) is 29.8 Å². The molecule has 4 atom stereocenters. The maximum absolute atomic E-state index is 13.1. The molecular weight excluding hydrogens is 528 g/mol. The number of ketones is 1. The molecule has 218 valence electrons. The summed E-state index contributed by atoms with van der Waals surface area (Å²) in [6.07, 6.45) is 2.31. The van der Waals surface area contributed by atoms with Crippen molar-refractivity contribution in [2.75, 3.05) is 19.0 Å². The highest BCUT2D eigenvalue weighted by atomic mass is 35.5. The number of aromatic hydroxyl groups is 1. The van der Waals surface area contributed by atoms with Gasteiger partial charge < -0.3 is 44.0 Å². The number of alkyl halides is 1. The van der Waals surface area contributed by atoms with Crippen LogP contribution in [0.25, 0.3) is 0 Å². The Kier molecular flexibility index (Phi) is 15.5. The van der Waals surface area contributed by atoms with Gasteiger partial charge in [0.05, 0.1) is 18.0 Å². The van der Waals surface area contributed by atoms with Crippen LogP contribution in [0.3, 0.4) is 0 Å². The summed E-state index contributed by atoms with van der Waals surface area (Å²) in [5, 5.41) is 17.2. The molecule has 0 saturated heterocycles. The maximum atomic E-state index is 13.1. The van der Waals surface area contributed by atoms with E-state index in [1.165, 1.54) is 19.1 Å². The van der Waals surface area contributed by atoms with E-state index in [0.717, 1.165) is 5.56 Å². The number of nitrogens with two attached hydrogens (primary N) is 4. The number of rotatable bonds is 18. The number of nitrogens with one attached hydrogen (secondary N) is 3. The number of hydrogen-bond donors (Lipinski definition) is 8. The Bertz CT molecular complexity index is 972. The van der Waals surface area contributed by atoms with Crippen molar-refractivity contribution < 1.29 is 24.3 Å². The third-order valence-corrected chi connectivity index (χ3v) is 6.11. The number of unbranched alkanes of at least 4 members (excludes halogenated alkanes) is 1. The number of phenols is 1. The Morgan fingerprint density at radius 2 is 1.54 bits per heavy atom. The Morgan fingerprint density at radius 3 is 2.13 bits per heavy atom. The van der Waals surface area contributed by atoms with Crippen molar-refractivity contribution in [1.29, 1.82) is 0 Å². The highest BCUT2D eigenvalue weighted by Gasteiger charge is 2.28. The van der Waals surface area contributed by atoms with Crippen LogP contribution >= 0.6 is 11.6 Å². The molecule has 0 radical (unpaired) electrons. The van der Waals surface area contributed by atoms with E-state index in [9.17, 15) is 24.3 Å². The number of guanidine groups is 1. The van der Waals surface area contributed by atoms with Gasteiger partial charge in [-0.3, -0.25) is 24.2 Å². The van der Waals surface area contributed by atoms with Gasteiger partial charge in [0.25, 0.3) is 0 Å². The lowest BCUT2D eigenvalue weighted by molar-refractivity contribution is -0.133. The molecule has 3 amide bonds. The predicted octanol–water partition coefficient (Wildman–Crippen LogP) is -1.27. The van der Waals surface area contributed by atoms with Crippen molar-refractivity contribution in [3.8, 4) is 5.75 Å². The first kappa shape index (κ1) is 33.6. The highest BCUT2D eigenvalue weighted by molar-refractivity contribution is 6.28. The molecule has 13 nitrogen and oxygen atoms in total. The van der Waals surface area contributed by atoms with Crippen LogP contribution in [0.4, 0.5) is 0 Å². The fourth-order valence-corrected chi connectivity index (χ4v) is 3.79. The zero-order chi connectivity index (χ0) is 29.4. The molecule has 14 heteroatoms. The van der Waals surface area contributed by atoms with E-state index in [1.807, 2.05) is 0 Å². The third-order valence-electron chi connectivity index (χ3n) is 5.84. The number of Topliss-reactive ketones (excluding diaryl/α,β-unsaturated/α-hetero) is 1. The molecule has 0 spiro atoms. The van der Waals surface area contributed by atoms with Gasteiger partial charge >= 0.3 is 0 Å². The number of amides is 3. The fourth-order valence-electron chi connectivity index (χ4n) is 3.61. The molecule has 1 aromatic rings. The molecule has 1 aromatic carbocycles. The van der Waals surface area contributed by atoms with Gasteiger partial charge in [-0.2, -0.15) is 0 Å². The number of halogens is 1. The summed E-state index contributed by atoms with van der Waals surface area (Å²) in [4.78, 5) is 54.7. The molecule has 0 aliphatic rings. The first-order chi connectivity index (χ1) is 18.5. The standard InChI is InChI=1S/C25H41ClN8O5/c1-15(32-23(38)18(28)13-16-7-9-17(35)10-8-16)22(37)34-20(5-2-3-11-27)24(39)33-19(21(36)14-26)6-4-12-31-25(29)30/h7-10,15,18-20,35H,2-6,11-14,27-28H2,1H3,(H,32,38)(H,33,39)(H,34,37)(H4,29,30,31)/t15-,18-,19-,20-/m0/s1. The van der Waals surface area contributed by atoms with E-state index in [2.05, 4.69) is 20.9 Å². The van der Waals surface area contributed by atoms with Crippen LogP contribution in [0.1, 0.15) is 44.6 Å². The first-order valence-corrected chi connectivity index (χ1v) is 13.3. The van der Waals surface area contributed by atoms with Gasteiger partial charge in [0.2, 0.25) is 17.7 Å². The van der Waals surface area contributed by atoms with Crippen LogP contribution in [-0.4, -0.2) is 77.7 Å². The van der Waals surface area contributed by atoms with Crippen LogP contribution in [0, 0.1) is 0 Å². The van der Waals surface area contributed by atoms with E-state index >= 15 is 0 Å². The number of phenolic OH excluding ortho intramolecular Hbond substituents is 1. The summed E-state index contributed by atoms with van der Waals surface area (Å²) in [6.45, 7) is 2.15. The van der Waals surface area contributed by atoms with Crippen LogP contribution < -0.4 is 38.9 Å². The predicted molar refractivity (Wildman–Crippen MR) is 150 cm³/mol. The summed E-state index contributed by atoms with van der Waals surface area (Å²) in [5.74, 6) is -2.38. The van der Waals surface area contributed by atoms with E-state index < -0.39 is 41.9 Å². The quantitative estimate of drug-likeness (QED) is 0.0454. The summed E-state index contributed by atoms with van der Waals surface area (Å²) >= 11 is 5.72. The van der Waals surface area contributed by atoms with Gasteiger partial charge in [-0.05, 0) is 69.7 Å². The Morgan fingerprint density at radius 1 is 0.923 bits per heavy atom. The smallest absolute Gasteiger partial charge is 0.243 e. The lowest BCUT2D eigenvalue weighted by atomic mass is 10.0. The molecule has 39 heavy (non-hydrogen) atoms. The van der Waals surface area contributed by atoms with Gasteiger partial charge in [0, 0.05) is 6.54 Å². The lowest BCUT2D eigenvalue weighted by Gasteiger charge is -2.24. The number of aliphatic imine (C=N–C) groups is 1. The molecule has 0 fully saturated rings. The van der Waals surface area contributed by atoms with Crippen LogP contribution in [0.5, 0.6) is 5.75 Å². The summed E-state index contributed by atoms with van der Waals surface area (Å²) < 4.78 is 0. The zero-order valence-electron chi connectivity index (χ0n) is 22.2. The monoisotopic (exact) mass is 568 g/mol. The van der Waals surface area contributed by atoms with E-state index in [1.54, 1.807) is 12.1 Å². The second kappa shape index (κ2) is 18.0. The zero-order valence-corrected chi connectivity index (χ0v) is 23.0. The second-order valence-electron chi connectivity index (χ2n) is 9.16. The van der Waals surface area contributed by atoms with Crippen LogP contribution in [0.2, 0.25) is 0 Å². The Balaban J connectivity index is 2.80. The van der Waals surface area contributed by atoms with Crippen molar-refractivity contribution in [2.24, 2.45) is 27.9 Å². The molecule has 1 rings (SSSR count). The number of carbonyl (C=O) groups excluding carboxylic acids is 4. The van der Waals surface area contributed by atoms with Gasteiger partial charge in [0.15, 0.2) is 11.7 Å². The minimum atomic E-state index is -0.993. The van der Waals surface area contributed by atoms with Crippen molar-refractivity contribution >= 4 is 41.1 Å². The summed E-state index contributed by atoms with van der Waals surface area (Å²) in [7, 11) is 0. The third kappa shape index (κ3) is 13.3. The number of carbonyl (C=O) groups is 4. The normalized spacial score (nSPS) is 13.8. The molecular formula is C25H41ClN8O5. The number of nitrogens with zero attached hydrogens (tertiary/aromatic N) is 1. The Labute approximate surface area is 233 Å². The lowest BCUT2D eigenvalue weighted by Crippen LogP contribution is -2.56. The summed E-state index contributed by atoms with van der Waals surface area (Å²) in [6, 6.07) is 2.48. The molecule has 0 bridgehead atoms. The number of hydrogen-bond acceptors (Lipinski definition) is 8. The topological polar surface area (TPSA) is 241 Å². The number of benzene rings is 1. The highest BCUT2D eigenvalue weighted by Crippen LogP contribution is 2.11. The van der Waals surface area contributed by atoms with Crippen LogP contribution in [0.15, 0.2) is 29.3 Å². The molecule has 0 aliphatic heterocycles. The molecule has 0 unspecified atom stereocenters. The van der Waals surface area contributed by atoms with E-state index in [-0.39, 0.29) is 49.2 Å². The van der Waals surface area contributed by atoms with Gasteiger partial charge in [-0.15, -0.1) is 11.6 Å². The van der Waals surface area contributed by atoms with E-state index in [4.69, 9.17) is 34.5 Å². The molecule has 0 heterocycles. The maximum Gasteiger partial charge on any atom is 0.243 e. The minimum absolute atomic E-state index is 0.0792. The fraction of sp³-hybridized carbons (Fsp3) is 0.560. The SMILES string of the molecule is C[C@H](NC(=O)[C@@H](N)Cc1ccc(O)cc1)C(=O)N[C@@H](CCCCN)C(=O)N[C@@H](CCCN=C(N)N)C(=O)CCl. The minimum Gasteiger partial charge on any atom is -0.508 e. The molecule has 0 aromatic heterocycles. The van der Waals surface area contributed by atoms with Crippen molar-refractivity contribution in [1.82, 2.24) is 16.0 Å². The summed E-state index contributed by atoms with van der Waals surface area (Å²) in [5.41, 5.74) is 22.9. The van der Waals surface area contributed by atoms with E-state index in [0.29, 0.717) is 25.8 Å². The van der Waals surface area contributed by atoms with Crippen molar-refractivity contribution in [3.63, 3.8) is 0 Å². The first-order valence-electron chi connectivity index (χ1n) is 12.8. The molecule has 0 aliphatic carbocycles. The average molecular weight is 569 g/mol. The Hall–Kier alpha value is -3.42. The molecule has 0 saturated carbocycles. The van der Waals surface area contributed by atoms with Crippen molar-refractivity contribution in [2.45, 2.75) is 69.6 Å². The van der Waals surface area contributed by atoms with Gasteiger partial charge in [0.1, 0.15) is 17.8 Å².